The quantitative estimate of drug-likeness (QED) is 0.0712. The number of aliphatic hydroxyl groups is 3. The molecule has 4 rings (SSSR count). The van der Waals surface area contributed by atoms with Gasteiger partial charge in [-0.2, -0.15) is 18.6 Å². The zero-order chi connectivity index (χ0) is 31.0. The fourth-order valence-corrected chi connectivity index (χ4v) is 4.79. The van der Waals surface area contributed by atoms with Crippen LogP contribution >= 0.6 is 0 Å². The molecule has 4 aromatic rings. The van der Waals surface area contributed by atoms with Crippen LogP contribution in [-0.4, -0.2) is 72.9 Å². The first-order valence-electron chi connectivity index (χ1n) is 12.9. The lowest BCUT2D eigenvalue weighted by Gasteiger charge is -2.22. The number of hydrogen-bond donors (Lipinski definition) is 6. The van der Waals surface area contributed by atoms with Gasteiger partial charge in [0.05, 0.1) is 31.2 Å². The van der Waals surface area contributed by atoms with Gasteiger partial charge in [0.15, 0.2) is 5.75 Å². The van der Waals surface area contributed by atoms with Crippen molar-refractivity contribution in [2.45, 2.75) is 4.90 Å². The van der Waals surface area contributed by atoms with Crippen LogP contribution in [0.4, 0.5) is 34.1 Å². The summed E-state index contributed by atoms with van der Waals surface area (Å²) in [6.45, 7) is 0.218. The molecular weight excluding hydrogens is 580 g/mol. The molecule has 0 fully saturated rings. The van der Waals surface area contributed by atoms with Crippen LogP contribution < -0.4 is 15.4 Å². The summed E-state index contributed by atoms with van der Waals surface area (Å²) in [5.74, 6) is -0.419. The van der Waals surface area contributed by atoms with Crippen LogP contribution in [-0.2, 0) is 10.1 Å². The van der Waals surface area contributed by atoms with Crippen molar-refractivity contribution in [3.63, 3.8) is 0 Å². The molecule has 43 heavy (non-hydrogen) atoms. The molecule has 0 aliphatic rings. The number of aliphatic hydroxyl groups excluding tert-OH is 3. The number of anilines is 2. The molecule has 4 aromatic carbocycles. The minimum atomic E-state index is -4.80. The lowest BCUT2D eigenvalue weighted by molar-refractivity contribution is 0.202. The maximum atomic E-state index is 12.1. The van der Waals surface area contributed by atoms with Gasteiger partial charge in [0, 0.05) is 35.9 Å². The van der Waals surface area contributed by atoms with E-state index in [1.165, 1.54) is 30.3 Å². The van der Waals surface area contributed by atoms with Gasteiger partial charge < -0.3 is 35.8 Å². The predicted molar refractivity (Wildman–Crippen MR) is 160 cm³/mol. The van der Waals surface area contributed by atoms with Crippen LogP contribution in [0.3, 0.4) is 0 Å². The number of ether oxygens (including phenoxy) is 1. The highest BCUT2D eigenvalue weighted by Crippen LogP contribution is 2.43. The van der Waals surface area contributed by atoms with Gasteiger partial charge in [0.2, 0.25) is 0 Å². The molecule has 0 saturated carbocycles. The van der Waals surface area contributed by atoms with Gasteiger partial charge in [-0.3, -0.25) is 4.55 Å². The van der Waals surface area contributed by atoms with Crippen molar-refractivity contribution in [2.24, 2.45) is 20.5 Å². The molecule has 0 amide bonds. The van der Waals surface area contributed by atoms with Crippen LogP contribution in [0.25, 0.3) is 10.8 Å². The van der Waals surface area contributed by atoms with Crippen LogP contribution in [0.15, 0.2) is 92.1 Å². The molecule has 0 unspecified atom stereocenters. The second kappa shape index (κ2) is 14.0. The molecule has 0 aliphatic carbocycles. The number of phenols is 1. The first kappa shape index (κ1) is 31.3. The molecular formula is C28H30N6O8S. The number of nitrogens with zero attached hydrogens (tertiary/aromatic N) is 5. The molecule has 0 radical (unpaired) electrons. The average Bonchev–Trinajstić information content (AvgIpc) is 2.99. The van der Waals surface area contributed by atoms with Crippen molar-refractivity contribution in [1.29, 1.82) is 0 Å². The molecule has 0 aromatic heterocycles. The van der Waals surface area contributed by atoms with E-state index in [1.807, 2.05) is 4.90 Å². The fourth-order valence-electron chi connectivity index (χ4n) is 4.13. The summed E-state index contributed by atoms with van der Waals surface area (Å²) in [7, 11) is -4.80. The Bertz CT molecular complexity index is 1740. The topological polar surface area (TPSA) is 223 Å². The molecule has 14 nitrogen and oxygen atoms in total. The van der Waals surface area contributed by atoms with Crippen LogP contribution in [0.5, 0.6) is 11.5 Å². The molecule has 15 heteroatoms. The molecule has 0 spiro atoms. The molecule has 226 valence electrons. The Kier molecular flexibility index (Phi) is 10.2. The number of nitrogen functional groups attached to an aromatic ring is 1. The third kappa shape index (κ3) is 7.79. The third-order valence-electron chi connectivity index (χ3n) is 6.14. The number of rotatable bonds is 13. The third-order valence-corrected chi connectivity index (χ3v) is 7.01. The highest BCUT2D eigenvalue weighted by atomic mass is 32.2. The van der Waals surface area contributed by atoms with Crippen LogP contribution in [0.2, 0.25) is 0 Å². The van der Waals surface area contributed by atoms with E-state index in [9.17, 15) is 33.4 Å². The van der Waals surface area contributed by atoms with E-state index in [0.29, 0.717) is 35.5 Å². The van der Waals surface area contributed by atoms with Gasteiger partial charge in [-0.05, 0) is 60.0 Å². The first-order chi connectivity index (χ1) is 20.6. The van der Waals surface area contributed by atoms with E-state index in [-0.39, 0.29) is 43.3 Å². The second-order valence-corrected chi connectivity index (χ2v) is 10.5. The van der Waals surface area contributed by atoms with Crippen molar-refractivity contribution in [3.8, 4) is 11.5 Å². The van der Waals surface area contributed by atoms with E-state index in [2.05, 4.69) is 20.5 Å². The van der Waals surface area contributed by atoms with Crippen molar-refractivity contribution >= 4 is 55.0 Å². The number of phenolic OH excluding ortho intramolecular Hbond substituents is 1. The Morgan fingerprint density at radius 2 is 1.47 bits per heavy atom. The standard InChI is InChI=1S/C28H30N6O8S/c29-19-2-1-18-15-26(43(39,40)41)27(28(38)23(18)16-19)33-32-24-8-5-21(17-25(24)42-14-13-37)31-30-20-3-6-22(7-4-20)34(9-11-35)10-12-36/h1-8,15-17,35-38H,9-14,29H2,(H,39,40,41). The average molecular weight is 611 g/mol. The van der Waals surface area contributed by atoms with E-state index >= 15 is 0 Å². The number of fused-ring (bicyclic) bond motifs is 1. The summed E-state index contributed by atoms with van der Waals surface area (Å²) >= 11 is 0. The molecule has 7 N–H and O–H groups in total. The van der Waals surface area contributed by atoms with Crippen LogP contribution in [0, 0.1) is 0 Å². The lowest BCUT2D eigenvalue weighted by Crippen LogP contribution is -2.29. The van der Waals surface area contributed by atoms with Crippen molar-refractivity contribution < 1.29 is 38.1 Å². The maximum absolute atomic E-state index is 12.1. The summed E-state index contributed by atoms with van der Waals surface area (Å²) in [5.41, 5.74) is 7.43. The smallest absolute Gasteiger partial charge is 0.296 e. The summed E-state index contributed by atoms with van der Waals surface area (Å²) in [4.78, 5) is 1.17. The SMILES string of the molecule is Nc1ccc2cc(S(=O)(=O)O)c(N=Nc3ccc(N=Nc4ccc(N(CCO)CCO)cc4)cc3OCCO)c(O)c2c1. The van der Waals surface area contributed by atoms with Crippen molar-refractivity contribution in [1.82, 2.24) is 0 Å². The molecule has 0 bridgehead atoms. The predicted octanol–water partition coefficient (Wildman–Crippen LogP) is 4.37. The lowest BCUT2D eigenvalue weighted by atomic mass is 10.1. The van der Waals surface area contributed by atoms with E-state index in [1.54, 1.807) is 30.3 Å². The number of benzene rings is 4. The number of azo groups is 2. The normalized spacial score (nSPS) is 12.0. The van der Waals surface area contributed by atoms with Gasteiger partial charge >= 0.3 is 0 Å². The minimum absolute atomic E-state index is 0.0576. The highest BCUT2D eigenvalue weighted by Gasteiger charge is 2.22. The number of aromatic hydroxyl groups is 1. The molecule has 0 atom stereocenters. The Labute approximate surface area is 246 Å². The Balaban J connectivity index is 1.65. The summed E-state index contributed by atoms with van der Waals surface area (Å²) < 4.78 is 39.6. The monoisotopic (exact) mass is 610 g/mol. The molecule has 0 heterocycles. The van der Waals surface area contributed by atoms with Gasteiger partial charge in [0.1, 0.15) is 28.6 Å². The number of nitrogens with two attached hydrogens (primary N) is 1. The van der Waals surface area contributed by atoms with E-state index in [0.717, 1.165) is 11.8 Å². The van der Waals surface area contributed by atoms with Gasteiger partial charge in [-0.1, -0.05) is 6.07 Å². The van der Waals surface area contributed by atoms with Gasteiger partial charge in [-0.25, -0.2) is 0 Å². The maximum Gasteiger partial charge on any atom is 0.296 e. The van der Waals surface area contributed by atoms with Crippen molar-refractivity contribution in [2.75, 3.05) is 50.2 Å². The van der Waals surface area contributed by atoms with Gasteiger partial charge in [0.25, 0.3) is 10.1 Å². The zero-order valence-electron chi connectivity index (χ0n) is 22.8. The Hall–Kier alpha value is -4.67. The Morgan fingerprint density at radius 1 is 0.791 bits per heavy atom. The van der Waals surface area contributed by atoms with Gasteiger partial charge in [-0.15, -0.1) is 10.2 Å². The second-order valence-electron chi connectivity index (χ2n) is 9.10. The zero-order valence-corrected chi connectivity index (χ0v) is 23.6. The molecule has 0 saturated heterocycles. The number of hydrogen-bond acceptors (Lipinski definition) is 13. The molecule has 0 aliphatic heterocycles. The summed E-state index contributed by atoms with van der Waals surface area (Å²) in [6, 6.07) is 17.1. The largest absolute Gasteiger partial charge is 0.505 e. The van der Waals surface area contributed by atoms with E-state index in [4.69, 9.17) is 10.5 Å². The highest BCUT2D eigenvalue weighted by molar-refractivity contribution is 7.86. The fraction of sp³-hybridized carbons (Fsp3) is 0.214. The summed E-state index contributed by atoms with van der Waals surface area (Å²) in [5, 5.41) is 55.5. The minimum Gasteiger partial charge on any atom is -0.505 e. The van der Waals surface area contributed by atoms with E-state index < -0.39 is 26.5 Å². The van der Waals surface area contributed by atoms with Crippen LogP contribution in [0.1, 0.15) is 0 Å². The first-order valence-corrected chi connectivity index (χ1v) is 14.4. The van der Waals surface area contributed by atoms with Crippen molar-refractivity contribution in [3.05, 3.63) is 66.7 Å². The summed E-state index contributed by atoms with van der Waals surface area (Å²) in [6.07, 6.45) is 0. The Morgan fingerprint density at radius 3 is 2.12 bits per heavy atom.